The van der Waals surface area contributed by atoms with Crippen molar-refractivity contribution in [3.05, 3.63) is 36.3 Å². The molecule has 0 saturated carbocycles. The molecule has 2 aromatic heterocycles. The van der Waals surface area contributed by atoms with Gasteiger partial charge in [-0.15, -0.1) is 0 Å². The van der Waals surface area contributed by atoms with E-state index in [1.165, 1.54) is 6.20 Å². The summed E-state index contributed by atoms with van der Waals surface area (Å²) < 4.78 is 5.03. The number of carbonyl (C=O) groups excluding carboxylic acids is 1. The third kappa shape index (κ3) is 2.57. The van der Waals surface area contributed by atoms with Gasteiger partial charge in [0.25, 0.3) is 0 Å². The van der Waals surface area contributed by atoms with Crippen molar-refractivity contribution in [2.45, 2.75) is 6.92 Å². The number of pyridine rings is 1. The van der Waals surface area contributed by atoms with Gasteiger partial charge >= 0.3 is 6.09 Å². The number of aromatic nitrogens is 3. The summed E-state index contributed by atoms with van der Waals surface area (Å²) in [4.78, 5) is 15.4. The summed E-state index contributed by atoms with van der Waals surface area (Å²) in [6.07, 6.45) is 2.54. The first-order valence-corrected chi connectivity index (χ1v) is 4.65. The van der Waals surface area contributed by atoms with E-state index in [2.05, 4.69) is 20.5 Å². The van der Waals surface area contributed by atoms with Crippen LogP contribution in [0.1, 0.15) is 5.69 Å². The molecule has 2 rings (SSSR count). The van der Waals surface area contributed by atoms with Crippen molar-refractivity contribution >= 4 is 11.9 Å². The van der Waals surface area contributed by atoms with Crippen LogP contribution in [0.2, 0.25) is 0 Å². The van der Waals surface area contributed by atoms with Gasteiger partial charge in [-0.1, -0.05) is 0 Å². The molecule has 0 atom stereocenters. The number of hydrogen-bond donors (Lipinski definition) is 2. The Balaban J connectivity index is 1.97. The Morgan fingerprint density at radius 3 is 3.00 bits per heavy atom. The van der Waals surface area contributed by atoms with E-state index in [9.17, 15) is 4.79 Å². The van der Waals surface area contributed by atoms with Gasteiger partial charge in [0.1, 0.15) is 11.6 Å². The minimum atomic E-state index is -0.574. The molecule has 2 N–H and O–H groups in total. The second-order valence-corrected chi connectivity index (χ2v) is 3.12. The van der Waals surface area contributed by atoms with Crippen molar-refractivity contribution in [2.24, 2.45) is 0 Å². The summed E-state index contributed by atoms with van der Waals surface area (Å²) in [6.45, 7) is 1.82. The second kappa shape index (κ2) is 4.43. The average Bonchev–Trinajstić information content (AvgIpc) is 2.70. The molecule has 1 amide bonds. The maximum absolute atomic E-state index is 11.4. The van der Waals surface area contributed by atoms with E-state index in [1.54, 1.807) is 24.4 Å². The van der Waals surface area contributed by atoms with Crippen molar-refractivity contribution in [1.29, 1.82) is 0 Å². The Hall–Kier alpha value is -2.37. The molecular formula is C10H10N4O2. The van der Waals surface area contributed by atoms with Crippen LogP contribution >= 0.6 is 0 Å². The highest BCUT2D eigenvalue weighted by Gasteiger charge is 2.05. The highest BCUT2D eigenvalue weighted by molar-refractivity contribution is 5.84. The molecule has 0 aliphatic heterocycles. The van der Waals surface area contributed by atoms with Crippen LogP contribution in [0.25, 0.3) is 0 Å². The quantitative estimate of drug-likeness (QED) is 0.804. The Morgan fingerprint density at radius 2 is 2.31 bits per heavy atom. The van der Waals surface area contributed by atoms with Gasteiger partial charge in [0.2, 0.25) is 0 Å². The maximum Gasteiger partial charge on any atom is 0.418 e. The zero-order chi connectivity index (χ0) is 11.4. The minimum absolute atomic E-state index is 0.449. The summed E-state index contributed by atoms with van der Waals surface area (Å²) >= 11 is 0. The standard InChI is InChI=1S/C10H10N4O2/c1-7-6-8(2-4-11-7)16-10(15)13-9-3-5-12-14-9/h2-6H,1H3,(H2,12,13,14,15). The van der Waals surface area contributed by atoms with Gasteiger partial charge in [0, 0.05) is 24.0 Å². The lowest BCUT2D eigenvalue weighted by atomic mass is 10.4. The number of hydrogen-bond acceptors (Lipinski definition) is 4. The van der Waals surface area contributed by atoms with Crippen LogP contribution in [0.15, 0.2) is 30.6 Å². The fraction of sp³-hybridized carbons (Fsp3) is 0.100. The predicted octanol–water partition coefficient (Wildman–Crippen LogP) is 1.72. The Labute approximate surface area is 91.7 Å². The lowest BCUT2D eigenvalue weighted by molar-refractivity contribution is 0.215. The number of aromatic amines is 1. The zero-order valence-corrected chi connectivity index (χ0v) is 8.60. The summed E-state index contributed by atoms with van der Waals surface area (Å²) in [7, 11) is 0. The fourth-order valence-electron chi connectivity index (χ4n) is 1.15. The number of carbonyl (C=O) groups is 1. The van der Waals surface area contributed by atoms with Crippen molar-refractivity contribution in [2.75, 3.05) is 5.32 Å². The molecule has 82 valence electrons. The van der Waals surface area contributed by atoms with Crippen LogP contribution in [0, 0.1) is 6.92 Å². The number of aryl methyl sites for hydroxylation is 1. The summed E-state index contributed by atoms with van der Waals surface area (Å²) in [5.41, 5.74) is 0.784. The molecule has 6 nitrogen and oxygen atoms in total. The smallest absolute Gasteiger partial charge is 0.410 e. The SMILES string of the molecule is Cc1cc(OC(=O)Nc2ccn[nH]2)ccn1. The molecule has 0 unspecified atom stereocenters. The van der Waals surface area contributed by atoms with Crippen LogP contribution in [-0.4, -0.2) is 21.3 Å². The van der Waals surface area contributed by atoms with E-state index in [-0.39, 0.29) is 0 Å². The fourth-order valence-corrected chi connectivity index (χ4v) is 1.15. The minimum Gasteiger partial charge on any atom is -0.410 e. The summed E-state index contributed by atoms with van der Waals surface area (Å²) in [5, 5.41) is 8.77. The number of amides is 1. The highest BCUT2D eigenvalue weighted by Crippen LogP contribution is 2.11. The zero-order valence-electron chi connectivity index (χ0n) is 8.60. The summed E-state index contributed by atoms with van der Waals surface area (Å²) in [6, 6.07) is 4.91. The van der Waals surface area contributed by atoms with E-state index in [4.69, 9.17) is 4.74 Å². The first-order chi connectivity index (χ1) is 7.74. The van der Waals surface area contributed by atoms with Gasteiger partial charge in [0.15, 0.2) is 0 Å². The van der Waals surface area contributed by atoms with Crippen molar-refractivity contribution in [1.82, 2.24) is 15.2 Å². The van der Waals surface area contributed by atoms with Crippen molar-refractivity contribution < 1.29 is 9.53 Å². The summed E-state index contributed by atoms with van der Waals surface area (Å²) in [5.74, 6) is 0.931. The predicted molar refractivity (Wildman–Crippen MR) is 57.2 cm³/mol. The number of ether oxygens (including phenoxy) is 1. The van der Waals surface area contributed by atoms with E-state index < -0.39 is 6.09 Å². The third-order valence-electron chi connectivity index (χ3n) is 1.82. The van der Waals surface area contributed by atoms with E-state index in [0.717, 1.165) is 5.69 Å². The maximum atomic E-state index is 11.4. The monoisotopic (exact) mass is 218 g/mol. The van der Waals surface area contributed by atoms with Crippen LogP contribution in [0.5, 0.6) is 5.75 Å². The normalized spacial score (nSPS) is 9.81. The van der Waals surface area contributed by atoms with E-state index in [1.807, 2.05) is 6.92 Å². The van der Waals surface area contributed by atoms with Crippen LogP contribution in [0.4, 0.5) is 10.6 Å². The average molecular weight is 218 g/mol. The molecular weight excluding hydrogens is 208 g/mol. The molecule has 0 aliphatic rings. The Bertz CT molecular complexity index is 481. The van der Waals surface area contributed by atoms with E-state index >= 15 is 0 Å². The topological polar surface area (TPSA) is 79.9 Å². The van der Waals surface area contributed by atoms with Gasteiger partial charge in [-0.2, -0.15) is 5.10 Å². The molecule has 2 aromatic rings. The number of H-pyrrole nitrogens is 1. The molecule has 6 heteroatoms. The van der Waals surface area contributed by atoms with Crippen LogP contribution < -0.4 is 10.1 Å². The van der Waals surface area contributed by atoms with Crippen LogP contribution in [0.3, 0.4) is 0 Å². The number of nitrogens with one attached hydrogen (secondary N) is 2. The molecule has 0 aliphatic carbocycles. The molecule has 0 spiro atoms. The molecule has 0 fully saturated rings. The van der Waals surface area contributed by atoms with Crippen molar-refractivity contribution in [3.8, 4) is 5.75 Å². The first-order valence-electron chi connectivity index (χ1n) is 4.65. The molecule has 0 aromatic carbocycles. The number of nitrogens with zero attached hydrogens (tertiary/aromatic N) is 2. The van der Waals surface area contributed by atoms with Gasteiger partial charge in [-0.3, -0.25) is 15.4 Å². The molecule has 0 radical (unpaired) electrons. The Morgan fingerprint density at radius 1 is 1.44 bits per heavy atom. The first kappa shape index (κ1) is 10.2. The lowest BCUT2D eigenvalue weighted by Gasteiger charge is -2.04. The molecule has 0 saturated heterocycles. The number of anilines is 1. The lowest BCUT2D eigenvalue weighted by Crippen LogP contribution is -2.17. The Kier molecular flexibility index (Phi) is 2.81. The molecule has 2 heterocycles. The van der Waals surface area contributed by atoms with E-state index in [0.29, 0.717) is 11.6 Å². The second-order valence-electron chi connectivity index (χ2n) is 3.12. The third-order valence-corrected chi connectivity index (χ3v) is 1.82. The largest absolute Gasteiger partial charge is 0.418 e. The molecule has 0 bridgehead atoms. The van der Waals surface area contributed by atoms with Gasteiger partial charge in [-0.05, 0) is 13.0 Å². The van der Waals surface area contributed by atoms with Crippen molar-refractivity contribution in [3.63, 3.8) is 0 Å². The van der Waals surface area contributed by atoms with Crippen LogP contribution in [-0.2, 0) is 0 Å². The van der Waals surface area contributed by atoms with Gasteiger partial charge in [-0.25, -0.2) is 4.79 Å². The van der Waals surface area contributed by atoms with Gasteiger partial charge < -0.3 is 4.74 Å². The van der Waals surface area contributed by atoms with Gasteiger partial charge in [0.05, 0.1) is 6.20 Å². The molecule has 16 heavy (non-hydrogen) atoms. The number of rotatable bonds is 2. The highest BCUT2D eigenvalue weighted by atomic mass is 16.6.